The van der Waals surface area contributed by atoms with Crippen LogP contribution in [0.1, 0.15) is 0 Å². The van der Waals surface area contributed by atoms with E-state index in [1.54, 1.807) is 0 Å². The van der Waals surface area contributed by atoms with Gasteiger partial charge in [0.15, 0.2) is 12.2 Å². The van der Waals surface area contributed by atoms with Crippen LogP contribution in [0.15, 0.2) is 11.8 Å². The van der Waals surface area contributed by atoms with Crippen molar-refractivity contribution in [3.63, 3.8) is 0 Å². The highest BCUT2D eigenvalue weighted by atomic mass is 16.7. The van der Waals surface area contributed by atoms with Crippen LogP contribution < -0.4 is 0 Å². The topological polar surface area (TPSA) is 54.0 Å². The largest absolute Gasteiger partial charge is 0.508 e. The van der Waals surface area contributed by atoms with Crippen molar-refractivity contribution in [1.29, 1.82) is 0 Å². The van der Waals surface area contributed by atoms with Gasteiger partial charge < -0.3 is 18.9 Å². The zero-order chi connectivity index (χ0) is 9.26. The van der Waals surface area contributed by atoms with E-state index in [0.717, 1.165) is 5.76 Å². The SMILES string of the molecule is COC(=O)OC1COC2=CCO[C@@H]21. The third-order valence-corrected chi connectivity index (χ3v) is 2.01. The zero-order valence-corrected chi connectivity index (χ0v) is 7.19. The van der Waals surface area contributed by atoms with E-state index in [4.69, 9.17) is 14.2 Å². The molecule has 2 aliphatic heterocycles. The predicted molar refractivity (Wildman–Crippen MR) is 41.1 cm³/mol. The van der Waals surface area contributed by atoms with Crippen LogP contribution in [0.5, 0.6) is 0 Å². The second kappa shape index (κ2) is 3.26. The molecule has 2 heterocycles. The Morgan fingerprint density at radius 3 is 3.31 bits per heavy atom. The minimum absolute atomic E-state index is 0.237. The molecule has 0 amide bonds. The average molecular weight is 186 g/mol. The summed E-state index contributed by atoms with van der Waals surface area (Å²) in [6.45, 7) is 0.854. The first kappa shape index (κ1) is 8.37. The van der Waals surface area contributed by atoms with E-state index in [1.807, 2.05) is 6.08 Å². The number of carbonyl (C=O) groups excluding carboxylic acids is 1. The molecular formula is C8H10O5. The summed E-state index contributed by atoms with van der Waals surface area (Å²) in [6, 6.07) is 0. The van der Waals surface area contributed by atoms with Gasteiger partial charge in [-0.15, -0.1) is 0 Å². The second-order valence-electron chi connectivity index (χ2n) is 2.78. The Morgan fingerprint density at radius 1 is 1.69 bits per heavy atom. The average Bonchev–Trinajstić information content (AvgIpc) is 2.69. The number of hydrogen-bond donors (Lipinski definition) is 0. The molecule has 0 aromatic carbocycles. The molecule has 0 spiro atoms. The van der Waals surface area contributed by atoms with Crippen LogP contribution in [-0.2, 0) is 18.9 Å². The smallest absolute Gasteiger partial charge is 0.491 e. The van der Waals surface area contributed by atoms with Crippen LogP contribution in [0.4, 0.5) is 4.79 Å². The van der Waals surface area contributed by atoms with Crippen molar-refractivity contribution >= 4 is 6.16 Å². The maximum Gasteiger partial charge on any atom is 0.508 e. The fourth-order valence-corrected chi connectivity index (χ4v) is 1.40. The van der Waals surface area contributed by atoms with Crippen molar-refractivity contribution in [2.45, 2.75) is 12.2 Å². The molecule has 1 fully saturated rings. The predicted octanol–water partition coefficient (Wildman–Crippen LogP) is 0.451. The first-order chi connectivity index (χ1) is 6.31. The molecule has 2 aliphatic rings. The molecule has 0 aliphatic carbocycles. The van der Waals surface area contributed by atoms with Crippen LogP contribution in [0.25, 0.3) is 0 Å². The Hall–Kier alpha value is -1.23. The minimum Gasteiger partial charge on any atom is -0.491 e. The van der Waals surface area contributed by atoms with Gasteiger partial charge in [0.25, 0.3) is 0 Å². The van der Waals surface area contributed by atoms with Crippen molar-refractivity contribution in [2.24, 2.45) is 0 Å². The molecule has 0 aromatic rings. The fourth-order valence-electron chi connectivity index (χ4n) is 1.40. The first-order valence-corrected chi connectivity index (χ1v) is 4.00. The Kier molecular flexibility index (Phi) is 2.10. The summed E-state index contributed by atoms with van der Waals surface area (Å²) in [7, 11) is 1.27. The highest BCUT2D eigenvalue weighted by molar-refractivity contribution is 5.60. The minimum atomic E-state index is -0.703. The molecule has 0 radical (unpaired) electrons. The molecular weight excluding hydrogens is 176 g/mol. The van der Waals surface area contributed by atoms with E-state index in [9.17, 15) is 4.79 Å². The second-order valence-corrected chi connectivity index (χ2v) is 2.78. The quantitative estimate of drug-likeness (QED) is 0.556. The molecule has 2 atom stereocenters. The number of hydrogen-bond acceptors (Lipinski definition) is 5. The van der Waals surface area contributed by atoms with E-state index in [-0.39, 0.29) is 12.2 Å². The molecule has 0 N–H and O–H groups in total. The van der Waals surface area contributed by atoms with Crippen LogP contribution >= 0.6 is 0 Å². The highest BCUT2D eigenvalue weighted by Gasteiger charge is 2.40. The molecule has 2 rings (SSSR count). The summed E-state index contributed by atoms with van der Waals surface area (Å²) in [5, 5.41) is 0. The maximum absolute atomic E-state index is 10.8. The number of carbonyl (C=O) groups is 1. The van der Waals surface area contributed by atoms with E-state index >= 15 is 0 Å². The van der Waals surface area contributed by atoms with Gasteiger partial charge in [-0.25, -0.2) is 4.79 Å². The van der Waals surface area contributed by atoms with Gasteiger partial charge in [0.1, 0.15) is 12.4 Å². The van der Waals surface area contributed by atoms with Crippen LogP contribution in [-0.4, -0.2) is 38.7 Å². The van der Waals surface area contributed by atoms with Gasteiger partial charge >= 0.3 is 6.16 Å². The number of ether oxygens (including phenoxy) is 4. The summed E-state index contributed by atoms with van der Waals surface area (Å²) < 4.78 is 19.8. The lowest BCUT2D eigenvalue weighted by Gasteiger charge is -2.13. The van der Waals surface area contributed by atoms with Gasteiger partial charge in [0.2, 0.25) is 0 Å². The number of fused-ring (bicyclic) bond motifs is 1. The van der Waals surface area contributed by atoms with Crippen molar-refractivity contribution in [3.8, 4) is 0 Å². The van der Waals surface area contributed by atoms with Crippen molar-refractivity contribution < 1.29 is 23.7 Å². The Labute approximate surface area is 75.2 Å². The normalized spacial score (nSPS) is 30.4. The monoisotopic (exact) mass is 186 g/mol. The lowest BCUT2D eigenvalue weighted by Crippen LogP contribution is -2.29. The van der Waals surface area contributed by atoms with E-state index in [0.29, 0.717) is 13.2 Å². The summed E-state index contributed by atoms with van der Waals surface area (Å²) >= 11 is 0. The molecule has 1 saturated heterocycles. The van der Waals surface area contributed by atoms with E-state index in [2.05, 4.69) is 4.74 Å². The van der Waals surface area contributed by atoms with Gasteiger partial charge in [-0.1, -0.05) is 0 Å². The van der Waals surface area contributed by atoms with Crippen molar-refractivity contribution in [1.82, 2.24) is 0 Å². The number of methoxy groups -OCH3 is 1. The molecule has 13 heavy (non-hydrogen) atoms. The molecule has 0 bridgehead atoms. The van der Waals surface area contributed by atoms with Gasteiger partial charge in [0.05, 0.1) is 13.7 Å². The zero-order valence-electron chi connectivity index (χ0n) is 7.19. The standard InChI is InChI=1S/C8H10O5/c1-10-8(9)13-6-4-12-5-2-3-11-7(5)6/h2,6-7H,3-4H2,1H3/t6?,7-/m0/s1. The van der Waals surface area contributed by atoms with Crippen molar-refractivity contribution in [3.05, 3.63) is 11.8 Å². The van der Waals surface area contributed by atoms with Crippen molar-refractivity contribution in [2.75, 3.05) is 20.3 Å². The van der Waals surface area contributed by atoms with Gasteiger partial charge in [-0.2, -0.15) is 0 Å². The third-order valence-electron chi connectivity index (χ3n) is 2.01. The third kappa shape index (κ3) is 1.47. The Morgan fingerprint density at radius 2 is 2.54 bits per heavy atom. The van der Waals surface area contributed by atoms with Gasteiger partial charge in [0, 0.05) is 0 Å². The number of rotatable bonds is 1. The van der Waals surface area contributed by atoms with E-state index < -0.39 is 6.16 Å². The lowest BCUT2D eigenvalue weighted by atomic mass is 10.2. The Balaban J connectivity index is 1.95. The van der Waals surface area contributed by atoms with E-state index in [1.165, 1.54) is 7.11 Å². The first-order valence-electron chi connectivity index (χ1n) is 4.00. The van der Waals surface area contributed by atoms with Crippen LogP contribution in [0.2, 0.25) is 0 Å². The van der Waals surface area contributed by atoms with Crippen LogP contribution in [0.3, 0.4) is 0 Å². The molecule has 72 valence electrons. The lowest BCUT2D eigenvalue weighted by molar-refractivity contribution is -0.0179. The molecule has 0 saturated carbocycles. The van der Waals surface area contributed by atoms with Gasteiger partial charge in [-0.05, 0) is 6.08 Å². The molecule has 5 nitrogen and oxygen atoms in total. The molecule has 0 aromatic heterocycles. The summed E-state index contributed by atoms with van der Waals surface area (Å²) in [6.07, 6.45) is 0.524. The fraction of sp³-hybridized carbons (Fsp3) is 0.625. The highest BCUT2D eigenvalue weighted by Crippen LogP contribution is 2.27. The molecule has 1 unspecified atom stereocenters. The maximum atomic E-state index is 10.8. The Bertz CT molecular complexity index is 247. The summed E-state index contributed by atoms with van der Waals surface area (Å²) in [5.74, 6) is 0.758. The van der Waals surface area contributed by atoms with Gasteiger partial charge in [-0.3, -0.25) is 0 Å². The molecule has 5 heteroatoms. The van der Waals surface area contributed by atoms with Crippen LogP contribution in [0, 0.1) is 0 Å². The summed E-state index contributed by atoms with van der Waals surface area (Å²) in [5.41, 5.74) is 0. The summed E-state index contributed by atoms with van der Waals surface area (Å²) in [4.78, 5) is 10.8.